The first-order valence-electron chi connectivity index (χ1n) is 4.04. The first-order valence-corrected chi connectivity index (χ1v) is 5.25. The minimum Gasteiger partial charge on any atom is -0.147 e. The van der Waals surface area contributed by atoms with E-state index in [1.165, 1.54) is 22.6 Å². The predicted molar refractivity (Wildman–Crippen MR) is 72.0 cm³/mol. The van der Waals surface area contributed by atoms with Crippen LogP contribution in [0, 0.1) is 13.8 Å². The smallest absolute Gasteiger partial charge is 0.0266 e. The maximum absolute atomic E-state index is 2.29. The fourth-order valence-corrected chi connectivity index (χ4v) is 2.35. The molecule has 1 unspecified atom stereocenters. The summed E-state index contributed by atoms with van der Waals surface area (Å²) in [5.41, 5.74) is 2.78. The van der Waals surface area contributed by atoms with E-state index in [-0.39, 0.29) is 29.4 Å². The molecule has 0 aliphatic carbocycles. The summed E-state index contributed by atoms with van der Waals surface area (Å²) < 4.78 is 0. The molecule has 0 radical (unpaired) electrons. The second-order valence-corrected chi connectivity index (χ2v) is 4.54. The Bertz CT molecular complexity index is 230. The molecule has 0 bridgehead atoms. The van der Waals surface area contributed by atoms with Gasteiger partial charge in [0, 0.05) is 0 Å². The minimum absolute atomic E-state index is 0. The van der Waals surface area contributed by atoms with Crippen molar-refractivity contribution in [2.45, 2.75) is 20.8 Å². The second-order valence-electron chi connectivity index (χ2n) is 2.91. The van der Waals surface area contributed by atoms with E-state index >= 15 is 0 Å². The molecule has 0 spiro atoms. The quantitative estimate of drug-likeness (QED) is 0.727. The van der Waals surface area contributed by atoms with Gasteiger partial charge in [-0.3, -0.25) is 0 Å². The van der Waals surface area contributed by atoms with E-state index in [1.807, 2.05) is 0 Å². The Morgan fingerprint density at radius 3 is 1.92 bits per heavy atom. The van der Waals surface area contributed by atoms with Crippen LogP contribution in [0.1, 0.15) is 18.1 Å². The molecular formula is C10H17BrClP. The van der Waals surface area contributed by atoms with Crippen LogP contribution in [0.3, 0.4) is 0 Å². The van der Waals surface area contributed by atoms with Gasteiger partial charge in [-0.25, -0.2) is 0 Å². The van der Waals surface area contributed by atoms with Crippen molar-refractivity contribution in [2.75, 3.05) is 6.16 Å². The third-order valence-electron chi connectivity index (χ3n) is 1.60. The Morgan fingerprint density at radius 1 is 1.08 bits per heavy atom. The van der Waals surface area contributed by atoms with Gasteiger partial charge in [0.1, 0.15) is 0 Å². The van der Waals surface area contributed by atoms with Gasteiger partial charge in [-0.05, 0) is 25.3 Å². The monoisotopic (exact) mass is 282 g/mol. The zero-order chi connectivity index (χ0) is 8.27. The van der Waals surface area contributed by atoms with Crippen molar-refractivity contribution >= 4 is 43.3 Å². The topological polar surface area (TPSA) is 0 Å². The molecule has 0 heterocycles. The summed E-state index contributed by atoms with van der Waals surface area (Å²) in [6, 6.07) is 6.80. The molecule has 1 rings (SSSR count). The molecule has 0 aliphatic heterocycles. The molecule has 0 saturated carbocycles. The number of benzene rings is 1. The van der Waals surface area contributed by atoms with Crippen molar-refractivity contribution in [3.8, 4) is 0 Å². The molecular weight excluding hydrogens is 266 g/mol. The molecule has 0 fully saturated rings. The molecule has 0 aromatic heterocycles. The SMILES string of the molecule is Br.CCPc1cc(C)cc(C)c1.Cl. The highest BCUT2D eigenvalue weighted by Crippen LogP contribution is 2.11. The molecule has 0 N–H and O–H groups in total. The highest BCUT2D eigenvalue weighted by atomic mass is 79.9. The van der Waals surface area contributed by atoms with Gasteiger partial charge < -0.3 is 0 Å². The van der Waals surface area contributed by atoms with Crippen molar-refractivity contribution in [3.63, 3.8) is 0 Å². The Hall–Kier alpha value is 0.420. The minimum atomic E-state index is 0. The summed E-state index contributed by atoms with van der Waals surface area (Å²) in [5, 5.41) is 1.50. The van der Waals surface area contributed by atoms with Gasteiger partial charge in [0.2, 0.25) is 0 Å². The molecule has 76 valence electrons. The van der Waals surface area contributed by atoms with Crippen LogP contribution in [0.5, 0.6) is 0 Å². The molecule has 3 heteroatoms. The van der Waals surface area contributed by atoms with E-state index in [2.05, 4.69) is 39.0 Å². The first kappa shape index (κ1) is 15.9. The maximum Gasteiger partial charge on any atom is -0.0266 e. The molecule has 1 atom stereocenters. The fraction of sp³-hybridized carbons (Fsp3) is 0.400. The summed E-state index contributed by atoms with van der Waals surface area (Å²) in [5.74, 6) is 0. The fourth-order valence-electron chi connectivity index (χ4n) is 1.28. The predicted octanol–water partition coefficient (Wildman–Crippen LogP) is 3.63. The van der Waals surface area contributed by atoms with Crippen LogP contribution >= 0.6 is 38.0 Å². The maximum atomic E-state index is 2.29. The molecule has 0 nitrogen and oxygen atoms in total. The molecule has 0 aliphatic rings. The lowest BCUT2D eigenvalue weighted by molar-refractivity contribution is 1.40. The number of hydrogen-bond acceptors (Lipinski definition) is 0. The largest absolute Gasteiger partial charge is 0.147 e. The van der Waals surface area contributed by atoms with Crippen LogP contribution in [0.4, 0.5) is 0 Å². The average molecular weight is 284 g/mol. The van der Waals surface area contributed by atoms with Crippen LogP contribution in [-0.2, 0) is 0 Å². The van der Waals surface area contributed by atoms with Crippen molar-refractivity contribution < 1.29 is 0 Å². The second kappa shape index (κ2) is 7.79. The highest BCUT2D eigenvalue weighted by molar-refractivity contribution is 8.93. The third-order valence-corrected chi connectivity index (χ3v) is 2.65. The summed E-state index contributed by atoms with van der Waals surface area (Å²) in [7, 11) is 0.980. The Kier molecular flexibility index (Phi) is 9.51. The highest BCUT2D eigenvalue weighted by Gasteiger charge is 1.93. The van der Waals surface area contributed by atoms with Gasteiger partial charge in [0.05, 0.1) is 0 Å². The molecule has 0 saturated heterocycles. The normalized spacial score (nSPS) is 9.46. The van der Waals surface area contributed by atoms with E-state index in [4.69, 9.17) is 0 Å². The van der Waals surface area contributed by atoms with Crippen LogP contribution in [0.2, 0.25) is 0 Å². The number of hydrogen-bond donors (Lipinski definition) is 0. The molecule has 1 aromatic carbocycles. The standard InChI is InChI=1S/C10H15P.BrH.ClH/c1-4-11-10-6-8(2)5-9(3)7-10;;/h5-7,11H,4H2,1-3H3;2*1H. The van der Waals surface area contributed by atoms with Crippen LogP contribution in [-0.4, -0.2) is 6.16 Å². The average Bonchev–Trinajstić information content (AvgIpc) is 1.85. The Labute approximate surface area is 99.5 Å². The van der Waals surface area contributed by atoms with E-state index in [9.17, 15) is 0 Å². The Balaban J connectivity index is 0. The van der Waals surface area contributed by atoms with E-state index in [0.717, 1.165) is 8.58 Å². The summed E-state index contributed by atoms with van der Waals surface area (Å²) >= 11 is 0. The van der Waals surface area contributed by atoms with Gasteiger partial charge >= 0.3 is 0 Å². The van der Waals surface area contributed by atoms with Crippen LogP contribution in [0.15, 0.2) is 18.2 Å². The molecule has 0 amide bonds. The lowest BCUT2D eigenvalue weighted by Crippen LogP contribution is -1.96. The van der Waals surface area contributed by atoms with Gasteiger partial charge in [-0.2, -0.15) is 0 Å². The first-order chi connectivity index (χ1) is 5.22. The number of aryl methyl sites for hydroxylation is 2. The van der Waals surface area contributed by atoms with Crippen molar-refractivity contribution in [1.82, 2.24) is 0 Å². The van der Waals surface area contributed by atoms with E-state index in [1.54, 1.807) is 0 Å². The molecule has 1 aromatic rings. The van der Waals surface area contributed by atoms with Crippen molar-refractivity contribution in [3.05, 3.63) is 29.3 Å². The number of rotatable bonds is 2. The van der Waals surface area contributed by atoms with E-state index in [0.29, 0.717) is 0 Å². The lowest BCUT2D eigenvalue weighted by atomic mass is 10.2. The van der Waals surface area contributed by atoms with Gasteiger partial charge in [0.15, 0.2) is 0 Å². The number of halogens is 2. The van der Waals surface area contributed by atoms with Crippen LogP contribution in [0.25, 0.3) is 0 Å². The van der Waals surface area contributed by atoms with Crippen molar-refractivity contribution in [1.29, 1.82) is 0 Å². The van der Waals surface area contributed by atoms with Gasteiger partial charge in [0.25, 0.3) is 0 Å². The lowest BCUT2D eigenvalue weighted by Gasteiger charge is -2.02. The van der Waals surface area contributed by atoms with Crippen molar-refractivity contribution in [2.24, 2.45) is 0 Å². The summed E-state index contributed by atoms with van der Waals surface area (Å²) in [6.45, 7) is 6.56. The third kappa shape index (κ3) is 5.67. The zero-order valence-corrected chi connectivity index (χ0v) is 11.8. The summed E-state index contributed by atoms with van der Waals surface area (Å²) in [4.78, 5) is 0. The Morgan fingerprint density at radius 2 is 1.54 bits per heavy atom. The van der Waals surface area contributed by atoms with Gasteiger partial charge in [-0.15, -0.1) is 29.4 Å². The van der Waals surface area contributed by atoms with Crippen LogP contribution < -0.4 is 5.30 Å². The summed E-state index contributed by atoms with van der Waals surface area (Å²) in [6.07, 6.45) is 1.27. The zero-order valence-electron chi connectivity index (χ0n) is 8.26. The van der Waals surface area contributed by atoms with Gasteiger partial charge in [-0.1, -0.05) is 44.8 Å². The molecule has 13 heavy (non-hydrogen) atoms. The van der Waals surface area contributed by atoms with E-state index < -0.39 is 0 Å².